The van der Waals surface area contributed by atoms with Crippen molar-refractivity contribution < 1.29 is 4.74 Å². The molecule has 118 valence electrons. The second-order valence-corrected chi connectivity index (χ2v) is 5.95. The molecule has 0 aliphatic rings. The molecule has 1 atom stereocenters. The number of benzene rings is 1. The summed E-state index contributed by atoms with van der Waals surface area (Å²) in [5.41, 5.74) is 3.73. The number of rotatable bonds is 7. The van der Waals surface area contributed by atoms with Gasteiger partial charge in [-0.15, -0.1) is 0 Å². The molecule has 0 amide bonds. The fourth-order valence-electron chi connectivity index (χ4n) is 2.57. The van der Waals surface area contributed by atoms with Gasteiger partial charge in [0.25, 0.3) is 0 Å². The van der Waals surface area contributed by atoms with Crippen LogP contribution in [0.15, 0.2) is 42.6 Å². The lowest BCUT2D eigenvalue weighted by molar-refractivity contribution is 0.306. The van der Waals surface area contributed by atoms with Crippen LogP contribution < -0.4 is 10.1 Å². The number of nitrogens with one attached hydrogen (secondary N) is 1. The third-order valence-electron chi connectivity index (χ3n) is 3.82. The van der Waals surface area contributed by atoms with Gasteiger partial charge in [0, 0.05) is 18.8 Å². The Balaban J connectivity index is 1.78. The minimum Gasteiger partial charge on any atom is -0.492 e. The van der Waals surface area contributed by atoms with Crippen LogP contribution in [-0.4, -0.2) is 18.1 Å². The van der Waals surface area contributed by atoms with E-state index in [-0.39, 0.29) is 6.04 Å². The van der Waals surface area contributed by atoms with Gasteiger partial charge in [-0.1, -0.05) is 26.0 Å². The average Bonchev–Trinajstić information content (AvgIpc) is 2.52. The fraction of sp³-hybridized carbons (Fsp3) is 0.421. The Hall–Kier alpha value is -1.87. The van der Waals surface area contributed by atoms with Crippen LogP contribution in [0.1, 0.15) is 49.6 Å². The van der Waals surface area contributed by atoms with Gasteiger partial charge in [-0.2, -0.15) is 0 Å². The topological polar surface area (TPSA) is 34.1 Å². The van der Waals surface area contributed by atoms with Crippen LogP contribution >= 0.6 is 0 Å². The van der Waals surface area contributed by atoms with Gasteiger partial charge in [0.2, 0.25) is 0 Å². The molecule has 3 nitrogen and oxygen atoms in total. The first-order valence-electron chi connectivity index (χ1n) is 7.95. The van der Waals surface area contributed by atoms with E-state index < -0.39 is 0 Å². The first-order chi connectivity index (χ1) is 10.6. The summed E-state index contributed by atoms with van der Waals surface area (Å²) in [5.74, 6) is 1.49. The highest BCUT2D eigenvalue weighted by Crippen LogP contribution is 2.23. The van der Waals surface area contributed by atoms with E-state index in [9.17, 15) is 0 Å². The lowest BCUT2D eigenvalue weighted by atomic mass is 9.98. The number of pyridine rings is 1. The third-order valence-corrected chi connectivity index (χ3v) is 3.82. The maximum atomic E-state index is 5.82. The van der Waals surface area contributed by atoms with Crippen molar-refractivity contribution in [3.63, 3.8) is 0 Å². The number of ether oxygens (including phenoxy) is 1. The molecule has 0 spiro atoms. The predicted molar refractivity (Wildman–Crippen MR) is 91.4 cm³/mol. The molecule has 1 aromatic carbocycles. The van der Waals surface area contributed by atoms with Gasteiger partial charge in [0.1, 0.15) is 12.4 Å². The Bertz CT molecular complexity index is 581. The quantitative estimate of drug-likeness (QED) is 0.776. The third kappa shape index (κ3) is 4.57. The molecule has 2 aromatic rings. The van der Waals surface area contributed by atoms with Crippen LogP contribution in [0.5, 0.6) is 5.75 Å². The van der Waals surface area contributed by atoms with Gasteiger partial charge in [-0.25, -0.2) is 0 Å². The highest BCUT2D eigenvalue weighted by atomic mass is 16.5. The molecule has 0 bridgehead atoms. The minimum atomic E-state index is 0.231. The molecule has 0 aliphatic heterocycles. The van der Waals surface area contributed by atoms with E-state index in [1.54, 1.807) is 0 Å². The van der Waals surface area contributed by atoms with Gasteiger partial charge in [-0.3, -0.25) is 4.98 Å². The first-order valence-corrected chi connectivity index (χ1v) is 7.95. The molecule has 0 saturated heterocycles. The van der Waals surface area contributed by atoms with Crippen LogP contribution in [0.2, 0.25) is 0 Å². The highest BCUT2D eigenvalue weighted by Gasteiger charge is 2.06. The van der Waals surface area contributed by atoms with Crippen LogP contribution in [0.3, 0.4) is 0 Å². The second-order valence-electron chi connectivity index (χ2n) is 5.95. The second kappa shape index (κ2) is 7.95. The Morgan fingerprint density at radius 1 is 1.14 bits per heavy atom. The molecule has 2 rings (SSSR count). The van der Waals surface area contributed by atoms with E-state index in [4.69, 9.17) is 4.74 Å². The Morgan fingerprint density at radius 2 is 1.95 bits per heavy atom. The Kier molecular flexibility index (Phi) is 5.96. The van der Waals surface area contributed by atoms with Crippen LogP contribution in [0, 0.1) is 6.92 Å². The number of aromatic nitrogens is 1. The van der Waals surface area contributed by atoms with Crippen molar-refractivity contribution in [1.29, 1.82) is 0 Å². The molecule has 0 aliphatic carbocycles. The number of hydrogen-bond acceptors (Lipinski definition) is 3. The van der Waals surface area contributed by atoms with Crippen molar-refractivity contribution in [3.8, 4) is 5.75 Å². The lowest BCUT2D eigenvalue weighted by Gasteiger charge is -2.15. The summed E-state index contributed by atoms with van der Waals surface area (Å²) in [4.78, 5) is 4.35. The standard InChI is InChI=1S/C19H26N2O/c1-14(2)18-9-8-17(13-15(18)3)22-12-11-20-16(4)19-7-5-6-10-21-19/h5-10,13-14,16,20H,11-12H2,1-4H3. The SMILES string of the molecule is Cc1cc(OCCNC(C)c2ccccn2)ccc1C(C)C. The van der Waals surface area contributed by atoms with Crippen molar-refractivity contribution in [2.24, 2.45) is 0 Å². The van der Waals surface area contributed by atoms with E-state index in [1.165, 1.54) is 11.1 Å². The predicted octanol–water partition coefficient (Wildman–Crippen LogP) is 4.24. The summed E-state index contributed by atoms with van der Waals surface area (Å²) in [6.45, 7) is 10.1. The molecule has 0 fully saturated rings. The van der Waals surface area contributed by atoms with Crippen molar-refractivity contribution in [1.82, 2.24) is 10.3 Å². The van der Waals surface area contributed by atoms with E-state index in [2.05, 4.69) is 56.2 Å². The zero-order chi connectivity index (χ0) is 15.9. The van der Waals surface area contributed by atoms with Gasteiger partial charge >= 0.3 is 0 Å². The summed E-state index contributed by atoms with van der Waals surface area (Å²) in [6.07, 6.45) is 1.82. The summed E-state index contributed by atoms with van der Waals surface area (Å²) in [6, 6.07) is 12.6. The molecule has 1 aromatic heterocycles. The van der Waals surface area contributed by atoms with E-state index in [1.807, 2.05) is 24.4 Å². The molecule has 1 unspecified atom stereocenters. The fourth-order valence-corrected chi connectivity index (χ4v) is 2.57. The van der Waals surface area contributed by atoms with Crippen LogP contribution in [-0.2, 0) is 0 Å². The molecule has 1 N–H and O–H groups in total. The summed E-state index contributed by atoms with van der Waals surface area (Å²) >= 11 is 0. The smallest absolute Gasteiger partial charge is 0.119 e. The van der Waals surface area contributed by atoms with Gasteiger partial charge < -0.3 is 10.1 Å². The Morgan fingerprint density at radius 3 is 2.59 bits per heavy atom. The van der Waals surface area contributed by atoms with Crippen molar-refractivity contribution in [3.05, 3.63) is 59.4 Å². The highest BCUT2D eigenvalue weighted by molar-refractivity contribution is 5.36. The van der Waals surface area contributed by atoms with E-state index in [0.717, 1.165) is 18.0 Å². The van der Waals surface area contributed by atoms with Gasteiger partial charge in [0.15, 0.2) is 0 Å². The zero-order valence-corrected chi connectivity index (χ0v) is 14.0. The zero-order valence-electron chi connectivity index (χ0n) is 14.0. The average molecular weight is 298 g/mol. The van der Waals surface area contributed by atoms with Crippen molar-refractivity contribution >= 4 is 0 Å². The molecule has 3 heteroatoms. The summed E-state index contributed by atoms with van der Waals surface area (Å²) < 4.78 is 5.82. The monoisotopic (exact) mass is 298 g/mol. The molecular formula is C19H26N2O. The number of aryl methyl sites for hydroxylation is 1. The van der Waals surface area contributed by atoms with E-state index in [0.29, 0.717) is 12.5 Å². The van der Waals surface area contributed by atoms with E-state index >= 15 is 0 Å². The molecule has 22 heavy (non-hydrogen) atoms. The molecule has 0 saturated carbocycles. The molecule has 1 heterocycles. The molecule has 0 radical (unpaired) electrons. The van der Waals surface area contributed by atoms with Crippen LogP contribution in [0.25, 0.3) is 0 Å². The van der Waals surface area contributed by atoms with Crippen molar-refractivity contribution in [2.75, 3.05) is 13.2 Å². The maximum Gasteiger partial charge on any atom is 0.119 e. The number of hydrogen-bond donors (Lipinski definition) is 1. The summed E-state index contributed by atoms with van der Waals surface area (Å²) in [7, 11) is 0. The van der Waals surface area contributed by atoms with Gasteiger partial charge in [-0.05, 0) is 55.2 Å². The normalized spacial score (nSPS) is 12.4. The maximum absolute atomic E-state index is 5.82. The number of nitrogens with zero attached hydrogens (tertiary/aromatic N) is 1. The largest absolute Gasteiger partial charge is 0.492 e. The Labute approximate surface area is 133 Å². The van der Waals surface area contributed by atoms with Crippen LogP contribution in [0.4, 0.5) is 0 Å². The first kappa shape index (κ1) is 16.5. The summed E-state index contributed by atoms with van der Waals surface area (Å²) in [5, 5.41) is 3.43. The minimum absolute atomic E-state index is 0.231. The van der Waals surface area contributed by atoms with Crippen molar-refractivity contribution in [2.45, 2.75) is 39.7 Å². The lowest BCUT2D eigenvalue weighted by Crippen LogP contribution is -2.24. The van der Waals surface area contributed by atoms with Gasteiger partial charge in [0.05, 0.1) is 5.69 Å². The molecular weight excluding hydrogens is 272 g/mol.